The molecule has 1 fully saturated rings. The van der Waals surface area contributed by atoms with Crippen molar-refractivity contribution in [2.75, 3.05) is 32.1 Å². The van der Waals surface area contributed by atoms with Crippen molar-refractivity contribution < 1.29 is 14.4 Å². The fraction of sp³-hybridized carbons (Fsp3) is 0.400. The van der Waals surface area contributed by atoms with E-state index in [9.17, 15) is 4.79 Å². The first-order chi connectivity index (χ1) is 11.2. The van der Waals surface area contributed by atoms with Crippen LogP contribution in [0.4, 0.5) is 0 Å². The number of ether oxygens (including phenoxy) is 1. The van der Waals surface area contributed by atoms with E-state index in [2.05, 4.69) is 10.2 Å². The Morgan fingerprint density at radius 1 is 1.26 bits per heavy atom. The normalized spacial score (nSPS) is 15.7. The van der Waals surface area contributed by atoms with Crippen molar-refractivity contribution >= 4 is 17.7 Å². The molecule has 0 aliphatic carbocycles. The van der Waals surface area contributed by atoms with Crippen LogP contribution in [0, 0.1) is 0 Å². The molecule has 0 radical (unpaired) electrons. The van der Waals surface area contributed by atoms with Gasteiger partial charge in [0.05, 0.1) is 19.0 Å². The van der Waals surface area contributed by atoms with Crippen LogP contribution in [-0.2, 0) is 16.1 Å². The number of benzene rings is 1. The molecule has 2 aromatic rings. The number of nitrogens with zero attached hydrogens (tertiary/aromatic N) is 3. The topological polar surface area (TPSA) is 87.5 Å². The number of quaternary nitrogens is 1. The number of morpholine rings is 1. The van der Waals surface area contributed by atoms with Gasteiger partial charge < -0.3 is 15.4 Å². The molecule has 1 aromatic heterocycles. The molecule has 0 unspecified atom stereocenters. The molecule has 1 aromatic carbocycles. The molecule has 3 N–H and O–H groups in total. The maximum Gasteiger partial charge on any atom is 0.227 e. The minimum absolute atomic E-state index is 0.190. The molecule has 0 bridgehead atoms. The minimum atomic E-state index is -0.363. The second kappa shape index (κ2) is 7.58. The third-order valence-corrected chi connectivity index (χ3v) is 4.62. The van der Waals surface area contributed by atoms with Gasteiger partial charge in [0.15, 0.2) is 11.0 Å². The Labute approximate surface area is 138 Å². The van der Waals surface area contributed by atoms with Crippen LogP contribution in [-0.4, -0.2) is 52.7 Å². The molecule has 1 amide bonds. The summed E-state index contributed by atoms with van der Waals surface area (Å²) in [5.41, 5.74) is 6.24. The number of hydrogen-bond donors (Lipinski definition) is 2. The highest BCUT2D eigenvalue weighted by Crippen LogP contribution is 2.21. The lowest BCUT2D eigenvalue weighted by Gasteiger charge is -2.23. The molecule has 0 atom stereocenters. The Hall–Kier alpha value is -1.90. The van der Waals surface area contributed by atoms with Gasteiger partial charge in [0.25, 0.3) is 0 Å². The van der Waals surface area contributed by atoms with E-state index in [1.54, 1.807) is 0 Å². The number of aromatic nitrogens is 3. The number of nitrogens with one attached hydrogen (secondary N) is 1. The van der Waals surface area contributed by atoms with Crippen molar-refractivity contribution in [1.82, 2.24) is 14.8 Å². The summed E-state index contributed by atoms with van der Waals surface area (Å²) >= 11 is 1.31. The summed E-state index contributed by atoms with van der Waals surface area (Å²) in [5, 5.41) is 9.29. The highest BCUT2D eigenvalue weighted by atomic mass is 32.2. The van der Waals surface area contributed by atoms with Crippen LogP contribution in [0.15, 0.2) is 35.5 Å². The van der Waals surface area contributed by atoms with Gasteiger partial charge in [0.2, 0.25) is 5.91 Å². The van der Waals surface area contributed by atoms with E-state index in [4.69, 9.17) is 10.5 Å². The van der Waals surface area contributed by atoms with Crippen molar-refractivity contribution in [2.24, 2.45) is 5.73 Å². The second-order valence-electron chi connectivity index (χ2n) is 5.36. The van der Waals surface area contributed by atoms with Crippen LogP contribution in [0.2, 0.25) is 0 Å². The Bertz CT molecular complexity index is 655. The fourth-order valence-electron chi connectivity index (χ4n) is 2.54. The van der Waals surface area contributed by atoms with E-state index in [-0.39, 0.29) is 11.7 Å². The third-order valence-electron chi connectivity index (χ3n) is 3.67. The van der Waals surface area contributed by atoms with Crippen LogP contribution in [0.1, 0.15) is 5.82 Å². The molecular formula is C15H20N5O2S+. The Balaban J connectivity index is 1.87. The number of thioether (sulfide) groups is 1. The number of carbonyl (C=O) groups excluding carboxylic acids is 1. The van der Waals surface area contributed by atoms with Crippen LogP contribution >= 0.6 is 11.8 Å². The van der Waals surface area contributed by atoms with Gasteiger partial charge in [-0.3, -0.25) is 9.36 Å². The lowest BCUT2D eigenvalue weighted by atomic mass is 10.3. The van der Waals surface area contributed by atoms with E-state index in [1.807, 2.05) is 34.9 Å². The molecule has 1 saturated heterocycles. The number of nitrogens with two attached hydrogens (primary N) is 1. The maximum atomic E-state index is 11.1. The number of hydrogen-bond acceptors (Lipinski definition) is 5. The van der Waals surface area contributed by atoms with Gasteiger partial charge in [-0.15, -0.1) is 10.2 Å². The van der Waals surface area contributed by atoms with E-state index < -0.39 is 0 Å². The summed E-state index contributed by atoms with van der Waals surface area (Å²) in [6.45, 7) is 4.26. The lowest BCUT2D eigenvalue weighted by Crippen LogP contribution is -3.12. The van der Waals surface area contributed by atoms with Gasteiger partial charge in [0, 0.05) is 5.69 Å². The number of primary amides is 1. The summed E-state index contributed by atoms with van der Waals surface area (Å²) in [4.78, 5) is 12.5. The molecule has 122 valence electrons. The summed E-state index contributed by atoms with van der Waals surface area (Å²) in [7, 11) is 0. The second-order valence-corrected chi connectivity index (χ2v) is 6.31. The van der Waals surface area contributed by atoms with E-state index >= 15 is 0 Å². The average molecular weight is 334 g/mol. The van der Waals surface area contributed by atoms with Crippen LogP contribution in [0.3, 0.4) is 0 Å². The first kappa shape index (κ1) is 16.0. The summed E-state index contributed by atoms with van der Waals surface area (Å²) in [6.07, 6.45) is 0. The van der Waals surface area contributed by atoms with Crippen molar-refractivity contribution in [3.8, 4) is 5.69 Å². The van der Waals surface area contributed by atoms with Crippen LogP contribution < -0.4 is 10.6 Å². The molecule has 1 aliphatic heterocycles. The number of para-hydroxylation sites is 1. The minimum Gasteiger partial charge on any atom is -0.370 e. The molecular weight excluding hydrogens is 314 g/mol. The largest absolute Gasteiger partial charge is 0.370 e. The van der Waals surface area contributed by atoms with Gasteiger partial charge in [-0.1, -0.05) is 30.0 Å². The predicted molar refractivity (Wildman–Crippen MR) is 86.5 cm³/mol. The Morgan fingerprint density at radius 3 is 2.70 bits per heavy atom. The number of carbonyl (C=O) groups is 1. The quantitative estimate of drug-likeness (QED) is 0.680. The highest BCUT2D eigenvalue weighted by Gasteiger charge is 2.21. The van der Waals surface area contributed by atoms with Crippen molar-refractivity contribution in [3.63, 3.8) is 0 Å². The zero-order valence-electron chi connectivity index (χ0n) is 12.8. The first-order valence-electron chi connectivity index (χ1n) is 7.56. The van der Waals surface area contributed by atoms with Gasteiger partial charge >= 0.3 is 0 Å². The van der Waals surface area contributed by atoms with Crippen LogP contribution in [0.25, 0.3) is 5.69 Å². The summed E-state index contributed by atoms with van der Waals surface area (Å²) < 4.78 is 7.41. The summed E-state index contributed by atoms with van der Waals surface area (Å²) in [5.74, 6) is 0.716. The van der Waals surface area contributed by atoms with Gasteiger partial charge in [0.1, 0.15) is 19.6 Å². The predicted octanol–water partition coefficient (Wildman–Crippen LogP) is -0.740. The Morgan fingerprint density at radius 2 is 2.00 bits per heavy atom. The molecule has 3 rings (SSSR count). The SMILES string of the molecule is NC(=O)CSc1nnc(C[NH+]2CCOCC2)n1-c1ccccc1. The van der Waals surface area contributed by atoms with Gasteiger partial charge in [-0.25, -0.2) is 0 Å². The molecule has 1 aliphatic rings. The summed E-state index contributed by atoms with van der Waals surface area (Å²) in [6, 6.07) is 9.94. The Kier molecular flexibility index (Phi) is 5.27. The number of rotatable bonds is 6. The monoisotopic (exact) mass is 334 g/mol. The fourth-order valence-corrected chi connectivity index (χ4v) is 3.25. The molecule has 8 heteroatoms. The number of amides is 1. The zero-order chi connectivity index (χ0) is 16.1. The van der Waals surface area contributed by atoms with Gasteiger partial charge in [-0.05, 0) is 12.1 Å². The average Bonchev–Trinajstić information content (AvgIpc) is 2.97. The van der Waals surface area contributed by atoms with Crippen molar-refractivity contribution in [1.29, 1.82) is 0 Å². The third kappa shape index (κ3) is 4.10. The molecule has 2 heterocycles. The molecule has 7 nitrogen and oxygen atoms in total. The highest BCUT2D eigenvalue weighted by molar-refractivity contribution is 7.99. The molecule has 0 saturated carbocycles. The first-order valence-corrected chi connectivity index (χ1v) is 8.55. The van der Waals surface area contributed by atoms with Gasteiger partial charge in [-0.2, -0.15) is 0 Å². The van der Waals surface area contributed by atoms with Crippen molar-refractivity contribution in [2.45, 2.75) is 11.7 Å². The standard InChI is InChI=1S/C15H19N5O2S/c16-13(21)11-23-15-18-17-14(10-19-6-8-22-9-7-19)20(15)12-4-2-1-3-5-12/h1-5H,6-11H2,(H2,16,21)/p+1. The molecule has 0 spiro atoms. The smallest absolute Gasteiger partial charge is 0.227 e. The maximum absolute atomic E-state index is 11.1. The zero-order valence-corrected chi connectivity index (χ0v) is 13.6. The molecule has 23 heavy (non-hydrogen) atoms. The van der Waals surface area contributed by atoms with E-state index in [0.29, 0.717) is 5.16 Å². The van der Waals surface area contributed by atoms with E-state index in [1.165, 1.54) is 16.7 Å². The van der Waals surface area contributed by atoms with Crippen molar-refractivity contribution in [3.05, 3.63) is 36.2 Å². The van der Waals surface area contributed by atoms with E-state index in [0.717, 1.165) is 44.4 Å². The van der Waals surface area contributed by atoms with Crippen LogP contribution in [0.5, 0.6) is 0 Å². The lowest BCUT2D eigenvalue weighted by molar-refractivity contribution is -0.922.